The van der Waals surface area contributed by atoms with E-state index < -0.39 is 12.6 Å². The summed E-state index contributed by atoms with van der Waals surface area (Å²) in [4.78, 5) is 14.5. The van der Waals surface area contributed by atoms with Crippen LogP contribution in [-0.4, -0.2) is 35.7 Å². The Balaban J connectivity index is 1.51. The summed E-state index contributed by atoms with van der Waals surface area (Å²) in [6.45, 7) is -0.901. The van der Waals surface area contributed by atoms with Crippen molar-refractivity contribution in [3.8, 4) is 0 Å². The number of fused-ring (bicyclic) bond motifs is 1. The highest BCUT2D eigenvalue weighted by Crippen LogP contribution is 2.38. The third-order valence-electron chi connectivity index (χ3n) is 5.32. The molecule has 1 amide bonds. The molecule has 0 bridgehead atoms. The maximum Gasteiger partial charge on any atom is 0.301 e. The van der Waals surface area contributed by atoms with Crippen LogP contribution in [0.3, 0.4) is 0 Å². The van der Waals surface area contributed by atoms with E-state index in [4.69, 9.17) is 4.52 Å². The van der Waals surface area contributed by atoms with Crippen molar-refractivity contribution < 1.29 is 22.5 Å². The third-order valence-corrected chi connectivity index (χ3v) is 5.32. The lowest BCUT2D eigenvalue weighted by Gasteiger charge is -2.33. The highest BCUT2D eigenvalue weighted by molar-refractivity contribution is 6.03. The van der Waals surface area contributed by atoms with Gasteiger partial charge in [0.2, 0.25) is 5.76 Å². The maximum absolute atomic E-state index is 14.0. The molecule has 0 aliphatic carbocycles. The van der Waals surface area contributed by atoms with Gasteiger partial charge in [0, 0.05) is 18.7 Å². The number of halogens is 3. The zero-order valence-electron chi connectivity index (χ0n) is 15.1. The quantitative estimate of drug-likeness (QED) is 0.638. The van der Waals surface area contributed by atoms with Crippen molar-refractivity contribution in [3.63, 3.8) is 0 Å². The summed E-state index contributed by atoms with van der Waals surface area (Å²) in [6.07, 6.45) is 1.05. The molecular weight excluding hydrogens is 369 g/mol. The van der Waals surface area contributed by atoms with Crippen molar-refractivity contribution in [2.75, 3.05) is 19.8 Å². The predicted molar refractivity (Wildman–Crippen MR) is 98.2 cm³/mol. The molecule has 1 aliphatic heterocycles. The third kappa shape index (κ3) is 3.25. The maximum atomic E-state index is 14.0. The monoisotopic (exact) mass is 388 g/mol. The van der Waals surface area contributed by atoms with E-state index in [1.54, 1.807) is 29.2 Å². The van der Waals surface area contributed by atoms with Crippen LogP contribution in [0.15, 0.2) is 53.1 Å². The summed E-state index contributed by atoms with van der Waals surface area (Å²) in [5.41, 5.74) is 0.814. The van der Waals surface area contributed by atoms with Gasteiger partial charge in [-0.1, -0.05) is 41.6 Å². The Morgan fingerprint density at radius 2 is 1.79 bits per heavy atom. The van der Waals surface area contributed by atoms with Crippen molar-refractivity contribution in [2.24, 2.45) is 0 Å². The molecule has 146 valence electrons. The van der Waals surface area contributed by atoms with Crippen molar-refractivity contribution >= 4 is 16.8 Å². The van der Waals surface area contributed by atoms with Gasteiger partial charge in [0.25, 0.3) is 5.91 Å². The Morgan fingerprint density at radius 1 is 1.11 bits per heavy atom. The van der Waals surface area contributed by atoms with Gasteiger partial charge in [-0.2, -0.15) is 8.78 Å². The van der Waals surface area contributed by atoms with E-state index in [2.05, 4.69) is 5.16 Å². The second kappa shape index (κ2) is 7.30. The normalized spacial score (nSPS) is 15.9. The molecule has 28 heavy (non-hydrogen) atoms. The Labute approximate surface area is 159 Å². The summed E-state index contributed by atoms with van der Waals surface area (Å²) >= 11 is 0. The fraction of sp³-hybridized carbons (Fsp3) is 0.333. The smallest absolute Gasteiger partial charge is 0.301 e. The number of nitrogens with zero attached hydrogens (tertiary/aromatic N) is 2. The summed E-state index contributed by atoms with van der Waals surface area (Å²) in [6, 6.07) is 13.3. The Morgan fingerprint density at radius 3 is 2.54 bits per heavy atom. The van der Waals surface area contributed by atoms with Gasteiger partial charge < -0.3 is 9.42 Å². The first kappa shape index (κ1) is 18.5. The molecule has 4 rings (SSSR count). The van der Waals surface area contributed by atoms with Crippen molar-refractivity contribution in [2.45, 2.75) is 24.7 Å². The first-order valence-corrected chi connectivity index (χ1v) is 9.18. The minimum atomic E-state index is -3.50. The van der Waals surface area contributed by atoms with E-state index in [-0.39, 0.29) is 23.1 Å². The van der Waals surface area contributed by atoms with Gasteiger partial charge >= 0.3 is 5.92 Å². The van der Waals surface area contributed by atoms with E-state index in [1.165, 1.54) is 12.1 Å². The van der Waals surface area contributed by atoms with Crippen molar-refractivity contribution in [1.29, 1.82) is 0 Å². The van der Waals surface area contributed by atoms with Crippen LogP contribution in [0.4, 0.5) is 13.2 Å². The van der Waals surface area contributed by atoms with Gasteiger partial charge in [0.15, 0.2) is 6.67 Å². The van der Waals surface area contributed by atoms with Crippen LogP contribution in [0, 0.1) is 0 Å². The second-order valence-corrected chi connectivity index (χ2v) is 7.02. The number of carbonyl (C=O) groups is 1. The molecule has 0 atom stereocenters. The SMILES string of the molecule is O=C(c1onc2ccccc12)N1CCC(c2ccccc2C(F)(F)CF)CC1. The summed E-state index contributed by atoms with van der Waals surface area (Å²) < 4.78 is 46.0. The molecule has 0 spiro atoms. The summed E-state index contributed by atoms with van der Waals surface area (Å²) in [7, 11) is 0. The molecule has 4 nitrogen and oxygen atoms in total. The van der Waals surface area contributed by atoms with E-state index in [1.807, 2.05) is 12.1 Å². The van der Waals surface area contributed by atoms with Gasteiger partial charge in [0.1, 0.15) is 5.52 Å². The lowest BCUT2D eigenvalue weighted by atomic mass is 9.85. The topological polar surface area (TPSA) is 46.3 Å². The lowest BCUT2D eigenvalue weighted by Crippen LogP contribution is -2.38. The molecule has 3 aromatic rings. The molecule has 1 fully saturated rings. The number of amides is 1. The van der Waals surface area contributed by atoms with Crippen LogP contribution < -0.4 is 0 Å². The summed E-state index contributed by atoms with van der Waals surface area (Å²) in [5, 5.41) is 4.56. The number of benzene rings is 2. The number of carbonyl (C=O) groups excluding carboxylic acids is 1. The standard InChI is InChI=1S/C21H19F3N2O2/c22-13-21(23,24)17-7-3-1-5-15(17)14-9-11-26(12-10-14)20(27)19-16-6-2-4-8-18(16)25-28-19/h1-8,14H,9-13H2. The Kier molecular flexibility index (Phi) is 4.83. The number of likely N-dealkylation sites (tertiary alicyclic amines) is 1. The average Bonchev–Trinajstić information content (AvgIpc) is 3.17. The molecule has 1 saturated heterocycles. The number of aromatic nitrogens is 1. The second-order valence-electron chi connectivity index (χ2n) is 7.02. The van der Waals surface area contributed by atoms with Gasteiger partial charge in [-0.05, 0) is 36.5 Å². The molecule has 0 radical (unpaired) electrons. The van der Waals surface area contributed by atoms with Crippen LogP contribution in [-0.2, 0) is 5.92 Å². The van der Waals surface area contributed by atoms with Crippen LogP contribution in [0.2, 0.25) is 0 Å². The van der Waals surface area contributed by atoms with E-state index in [0.717, 1.165) is 0 Å². The molecule has 2 aromatic carbocycles. The fourth-order valence-corrected chi connectivity index (χ4v) is 3.84. The average molecular weight is 388 g/mol. The van der Waals surface area contributed by atoms with Crippen LogP contribution in [0.1, 0.15) is 40.4 Å². The van der Waals surface area contributed by atoms with Gasteiger partial charge in [0.05, 0.1) is 5.39 Å². The van der Waals surface area contributed by atoms with Crippen molar-refractivity contribution in [3.05, 3.63) is 65.4 Å². The largest absolute Gasteiger partial charge is 0.350 e. The molecule has 1 aliphatic rings. The fourth-order valence-electron chi connectivity index (χ4n) is 3.84. The minimum Gasteiger partial charge on any atom is -0.350 e. The lowest BCUT2D eigenvalue weighted by molar-refractivity contribution is -0.0293. The molecule has 1 aromatic heterocycles. The Bertz CT molecular complexity index is 994. The number of hydrogen-bond acceptors (Lipinski definition) is 3. The first-order valence-electron chi connectivity index (χ1n) is 9.18. The van der Waals surface area contributed by atoms with E-state index in [0.29, 0.717) is 42.4 Å². The Hall–Kier alpha value is -2.83. The zero-order valence-corrected chi connectivity index (χ0v) is 15.1. The van der Waals surface area contributed by atoms with Gasteiger partial charge in [-0.25, -0.2) is 4.39 Å². The van der Waals surface area contributed by atoms with E-state index >= 15 is 0 Å². The number of hydrogen-bond donors (Lipinski definition) is 0. The number of piperidine rings is 1. The van der Waals surface area contributed by atoms with Crippen LogP contribution in [0.25, 0.3) is 10.9 Å². The molecule has 0 N–H and O–H groups in total. The highest BCUT2D eigenvalue weighted by atomic mass is 19.3. The first-order chi connectivity index (χ1) is 13.5. The van der Waals surface area contributed by atoms with Crippen molar-refractivity contribution in [1.82, 2.24) is 10.1 Å². The van der Waals surface area contributed by atoms with E-state index in [9.17, 15) is 18.0 Å². The van der Waals surface area contributed by atoms with Gasteiger partial charge in [-0.3, -0.25) is 4.79 Å². The summed E-state index contributed by atoms with van der Waals surface area (Å²) in [5.74, 6) is -3.71. The van der Waals surface area contributed by atoms with Crippen LogP contribution >= 0.6 is 0 Å². The van der Waals surface area contributed by atoms with Crippen LogP contribution in [0.5, 0.6) is 0 Å². The minimum absolute atomic E-state index is 0.149. The molecule has 0 unspecified atom stereocenters. The predicted octanol–water partition coefficient (Wildman–Crippen LogP) is 4.91. The molecule has 7 heteroatoms. The number of rotatable bonds is 4. The molecular formula is C21H19F3N2O2. The molecule has 0 saturated carbocycles. The molecule has 2 heterocycles. The highest BCUT2D eigenvalue weighted by Gasteiger charge is 2.37. The van der Waals surface area contributed by atoms with Gasteiger partial charge in [-0.15, -0.1) is 0 Å². The zero-order chi connectivity index (χ0) is 19.7. The number of alkyl halides is 3.